The molecule has 0 aliphatic heterocycles. The van der Waals surface area contributed by atoms with Crippen molar-refractivity contribution < 1.29 is 4.79 Å². The van der Waals surface area contributed by atoms with Crippen LogP contribution < -0.4 is 10.6 Å². The second-order valence-electron chi connectivity index (χ2n) is 5.00. The Hall–Kier alpha value is -1.81. The van der Waals surface area contributed by atoms with Crippen molar-refractivity contribution in [3.8, 4) is 0 Å². The zero-order valence-corrected chi connectivity index (χ0v) is 14.0. The summed E-state index contributed by atoms with van der Waals surface area (Å²) in [4.78, 5) is 12.4. The molecule has 1 amide bonds. The Bertz CT molecular complexity index is 668. The van der Waals surface area contributed by atoms with E-state index in [-0.39, 0.29) is 5.91 Å². The van der Waals surface area contributed by atoms with Crippen molar-refractivity contribution >= 4 is 33.2 Å². The molecule has 0 unspecified atom stereocenters. The van der Waals surface area contributed by atoms with E-state index in [4.69, 9.17) is 0 Å². The van der Waals surface area contributed by atoms with Crippen molar-refractivity contribution in [2.45, 2.75) is 20.8 Å². The van der Waals surface area contributed by atoms with Crippen LogP contribution in [0.25, 0.3) is 0 Å². The number of carbonyl (C=O) groups excluding carboxylic acids is 1. The van der Waals surface area contributed by atoms with Gasteiger partial charge in [-0.25, -0.2) is 0 Å². The lowest BCUT2D eigenvalue weighted by Crippen LogP contribution is -2.14. The van der Waals surface area contributed by atoms with Gasteiger partial charge in [-0.05, 0) is 78.2 Å². The molecule has 4 heteroatoms. The fourth-order valence-corrected chi connectivity index (χ4v) is 2.74. The number of anilines is 2. The van der Waals surface area contributed by atoms with E-state index in [0.717, 1.165) is 33.5 Å². The van der Waals surface area contributed by atoms with E-state index >= 15 is 0 Å². The molecule has 0 aromatic heterocycles. The summed E-state index contributed by atoms with van der Waals surface area (Å²) < 4.78 is 0.887. The Morgan fingerprint density at radius 2 is 1.90 bits per heavy atom. The molecule has 2 aromatic carbocycles. The van der Waals surface area contributed by atoms with Gasteiger partial charge in [-0.3, -0.25) is 4.79 Å². The topological polar surface area (TPSA) is 41.1 Å². The molecule has 0 spiro atoms. The van der Waals surface area contributed by atoms with E-state index in [1.54, 1.807) is 0 Å². The summed E-state index contributed by atoms with van der Waals surface area (Å²) in [7, 11) is 0. The molecule has 0 saturated carbocycles. The molecule has 3 nitrogen and oxygen atoms in total. The largest absolute Gasteiger partial charge is 0.385 e. The molecule has 2 rings (SSSR count). The average Bonchev–Trinajstić information content (AvgIpc) is 2.42. The molecule has 0 bridgehead atoms. The minimum Gasteiger partial charge on any atom is -0.385 e. The Labute approximate surface area is 133 Å². The lowest BCUT2D eigenvalue weighted by atomic mass is 10.1. The van der Waals surface area contributed by atoms with Crippen LogP contribution in [0.2, 0.25) is 0 Å². The van der Waals surface area contributed by atoms with Crippen LogP contribution in [0.4, 0.5) is 11.4 Å². The van der Waals surface area contributed by atoms with Crippen LogP contribution in [0.5, 0.6) is 0 Å². The highest BCUT2D eigenvalue weighted by molar-refractivity contribution is 9.10. The van der Waals surface area contributed by atoms with Gasteiger partial charge in [0.05, 0.1) is 5.69 Å². The molecular weight excluding hydrogens is 328 g/mol. The van der Waals surface area contributed by atoms with Gasteiger partial charge in [-0.15, -0.1) is 0 Å². The van der Waals surface area contributed by atoms with Crippen molar-refractivity contribution in [3.05, 3.63) is 57.6 Å². The summed E-state index contributed by atoms with van der Waals surface area (Å²) in [6.07, 6.45) is 0. The summed E-state index contributed by atoms with van der Waals surface area (Å²) in [6.45, 7) is 6.87. The predicted octanol–water partition coefficient (Wildman–Crippen LogP) is 4.75. The average molecular weight is 347 g/mol. The van der Waals surface area contributed by atoms with Gasteiger partial charge in [0.1, 0.15) is 0 Å². The summed E-state index contributed by atoms with van der Waals surface area (Å²) in [5.74, 6) is -0.0971. The number of nitrogens with one attached hydrogen (secondary N) is 2. The molecule has 110 valence electrons. The summed E-state index contributed by atoms with van der Waals surface area (Å²) in [5.41, 5.74) is 4.59. The highest BCUT2D eigenvalue weighted by atomic mass is 79.9. The predicted molar refractivity (Wildman–Crippen MR) is 92.2 cm³/mol. The van der Waals surface area contributed by atoms with Crippen LogP contribution in [0.3, 0.4) is 0 Å². The molecule has 2 aromatic rings. The van der Waals surface area contributed by atoms with Gasteiger partial charge in [0, 0.05) is 22.3 Å². The first-order valence-corrected chi connectivity index (χ1v) is 7.72. The number of hydrogen-bond acceptors (Lipinski definition) is 2. The SMILES string of the molecule is CCNc1ccc(C(=O)Nc2ccc(C)cc2Br)c(C)c1. The fourth-order valence-electron chi connectivity index (χ4n) is 2.14. The van der Waals surface area contributed by atoms with Gasteiger partial charge >= 0.3 is 0 Å². The van der Waals surface area contributed by atoms with Gasteiger partial charge in [0.25, 0.3) is 5.91 Å². The maximum absolute atomic E-state index is 12.4. The molecule has 0 heterocycles. The monoisotopic (exact) mass is 346 g/mol. The first-order valence-electron chi connectivity index (χ1n) is 6.93. The van der Waals surface area contributed by atoms with Crippen molar-refractivity contribution in [2.24, 2.45) is 0 Å². The Morgan fingerprint density at radius 1 is 1.14 bits per heavy atom. The van der Waals surface area contributed by atoms with E-state index in [9.17, 15) is 4.79 Å². The quantitative estimate of drug-likeness (QED) is 0.838. The van der Waals surface area contributed by atoms with Gasteiger partial charge in [-0.1, -0.05) is 6.07 Å². The number of rotatable bonds is 4. The summed E-state index contributed by atoms with van der Waals surface area (Å²) in [5, 5.41) is 6.18. The van der Waals surface area contributed by atoms with Gasteiger partial charge in [0.15, 0.2) is 0 Å². The van der Waals surface area contributed by atoms with Crippen molar-refractivity contribution in [3.63, 3.8) is 0 Å². The van der Waals surface area contributed by atoms with Crippen LogP contribution in [0.1, 0.15) is 28.4 Å². The van der Waals surface area contributed by atoms with Crippen molar-refractivity contribution in [2.75, 3.05) is 17.2 Å². The van der Waals surface area contributed by atoms with E-state index in [2.05, 4.69) is 26.6 Å². The molecule has 21 heavy (non-hydrogen) atoms. The highest BCUT2D eigenvalue weighted by Gasteiger charge is 2.11. The number of amides is 1. The molecule has 0 fully saturated rings. The van der Waals surface area contributed by atoms with E-state index in [1.165, 1.54) is 0 Å². The third kappa shape index (κ3) is 3.85. The summed E-state index contributed by atoms with van der Waals surface area (Å²) >= 11 is 3.47. The normalized spacial score (nSPS) is 10.3. The third-order valence-electron chi connectivity index (χ3n) is 3.22. The zero-order valence-electron chi connectivity index (χ0n) is 12.5. The van der Waals surface area contributed by atoms with Crippen LogP contribution in [-0.2, 0) is 0 Å². The number of carbonyl (C=O) groups is 1. The minimum atomic E-state index is -0.0971. The van der Waals surface area contributed by atoms with E-state index in [1.807, 2.05) is 57.2 Å². The van der Waals surface area contributed by atoms with Crippen LogP contribution in [0, 0.1) is 13.8 Å². The first-order chi connectivity index (χ1) is 10.0. The summed E-state index contributed by atoms with van der Waals surface area (Å²) in [6, 6.07) is 11.6. The smallest absolute Gasteiger partial charge is 0.255 e. The minimum absolute atomic E-state index is 0.0971. The lowest BCUT2D eigenvalue weighted by molar-refractivity contribution is 0.102. The lowest BCUT2D eigenvalue weighted by Gasteiger charge is -2.11. The molecule has 0 radical (unpaired) electrons. The first kappa shape index (κ1) is 15.6. The van der Waals surface area contributed by atoms with E-state index < -0.39 is 0 Å². The molecule has 0 atom stereocenters. The second kappa shape index (κ2) is 6.76. The Balaban J connectivity index is 2.20. The Kier molecular flexibility index (Phi) is 5.02. The standard InChI is InChI=1S/C17H19BrN2O/c1-4-19-13-6-7-14(12(3)10-13)17(21)20-16-8-5-11(2)9-15(16)18/h5-10,19H,4H2,1-3H3,(H,20,21). The maximum Gasteiger partial charge on any atom is 0.255 e. The highest BCUT2D eigenvalue weighted by Crippen LogP contribution is 2.24. The second-order valence-corrected chi connectivity index (χ2v) is 5.85. The van der Waals surface area contributed by atoms with Crippen molar-refractivity contribution in [1.29, 1.82) is 0 Å². The van der Waals surface area contributed by atoms with Crippen molar-refractivity contribution in [1.82, 2.24) is 0 Å². The number of hydrogen-bond donors (Lipinski definition) is 2. The third-order valence-corrected chi connectivity index (χ3v) is 3.88. The number of halogens is 1. The molecule has 2 N–H and O–H groups in total. The number of benzene rings is 2. The molecule has 0 saturated heterocycles. The number of aryl methyl sites for hydroxylation is 2. The van der Waals surface area contributed by atoms with Gasteiger partial charge < -0.3 is 10.6 Å². The van der Waals surface area contributed by atoms with Crippen LogP contribution >= 0.6 is 15.9 Å². The zero-order chi connectivity index (χ0) is 15.4. The molecule has 0 aliphatic rings. The van der Waals surface area contributed by atoms with Crippen LogP contribution in [-0.4, -0.2) is 12.5 Å². The molecular formula is C17H19BrN2O. The Morgan fingerprint density at radius 3 is 2.52 bits per heavy atom. The van der Waals surface area contributed by atoms with E-state index in [0.29, 0.717) is 5.56 Å². The van der Waals surface area contributed by atoms with Crippen LogP contribution in [0.15, 0.2) is 40.9 Å². The molecule has 0 aliphatic carbocycles. The van der Waals surface area contributed by atoms with Gasteiger partial charge in [0.2, 0.25) is 0 Å². The maximum atomic E-state index is 12.4. The van der Waals surface area contributed by atoms with Gasteiger partial charge in [-0.2, -0.15) is 0 Å². The fraction of sp³-hybridized carbons (Fsp3) is 0.235.